The van der Waals surface area contributed by atoms with Gasteiger partial charge in [-0.1, -0.05) is 30.3 Å². The predicted molar refractivity (Wildman–Crippen MR) is 63.9 cm³/mol. The molecule has 0 atom stereocenters. The van der Waals surface area contributed by atoms with Crippen molar-refractivity contribution >= 4 is 23.3 Å². The quantitative estimate of drug-likeness (QED) is 0.803. The molecule has 0 unspecified atom stereocenters. The molecule has 2 nitrogen and oxygen atoms in total. The van der Waals surface area contributed by atoms with Gasteiger partial charge in [-0.15, -0.1) is 11.3 Å². The van der Waals surface area contributed by atoms with Crippen LogP contribution in [0.2, 0.25) is 0 Å². The van der Waals surface area contributed by atoms with Gasteiger partial charge in [0.05, 0.1) is 0 Å². The first-order chi connectivity index (χ1) is 7.31. The fourth-order valence-electron chi connectivity index (χ4n) is 1.42. The predicted octanol–water partition coefficient (Wildman–Crippen LogP) is 2.74. The number of nitrogens with two attached hydrogens (primary N) is 1. The number of carbonyl (C=O) groups excluding carboxylic acids is 1. The maximum Gasteiger partial charge on any atom is 0.125 e. The van der Waals surface area contributed by atoms with E-state index in [9.17, 15) is 4.79 Å². The minimum atomic E-state index is 0.406. The van der Waals surface area contributed by atoms with Crippen LogP contribution in [0.25, 0.3) is 10.4 Å². The summed E-state index contributed by atoms with van der Waals surface area (Å²) in [5, 5.41) is 0. The third-order valence-corrected chi connectivity index (χ3v) is 3.39. The molecule has 0 aliphatic rings. The Balaban J connectivity index is 2.38. The van der Waals surface area contributed by atoms with Crippen LogP contribution in [-0.2, 0) is 11.2 Å². The van der Waals surface area contributed by atoms with Crippen LogP contribution in [0.3, 0.4) is 0 Å². The molecular formula is C12H11NOS. The third kappa shape index (κ3) is 2.07. The molecule has 0 fully saturated rings. The second kappa shape index (κ2) is 4.28. The van der Waals surface area contributed by atoms with Gasteiger partial charge < -0.3 is 10.5 Å². The highest BCUT2D eigenvalue weighted by Gasteiger charge is 2.06. The summed E-state index contributed by atoms with van der Waals surface area (Å²) in [7, 11) is 0. The van der Waals surface area contributed by atoms with Crippen LogP contribution < -0.4 is 5.73 Å². The minimum Gasteiger partial charge on any atom is -0.398 e. The number of carbonyl (C=O) groups is 1. The van der Waals surface area contributed by atoms with E-state index in [1.807, 2.05) is 36.4 Å². The summed E-state index contributed by atoms with van der Waals surface area (Å²) in [6.45, 7) is 0. The zero-order chi connectivity index (χ0) is 10.7. The molecule has 1 aromatic carbocycles. The van der Waals surface area contributed by atoms with Crippen molar-refractivity contribution in [1.82, 2.24) is 0 Å². The van der Waals surface area contributed by atoms with E-state index < -0.39 is 0 Å². The van der Waals surface area contributed by atoms with Crippen molar-refractivity contribution < 1.29 is 4.79 Å². The molecule has 0 aliphatic heterocycles. The van der Waals surface area contributed by atoms with E-state index in [0.29, 0.717) is 12.1 Å². The number of aldehydes is 1. The Morgan fingerprint density at radius 2 is 2.00 bits per heavy atom. The number of anilines is 1. The first-order valence-corrected chi connectivity index (χ1v) is 5.50. The van der Waals surface area contributed by atoms with Gasteiger partial charge in [0.1, 0.15) is 6.29 Å². The topological polar surface area (TPSA) is 43.1 Å². The van der Waals surface area contributed by atoms with Crippen LogP contribution in [-0.4, -0.2) is 6.29 Å². The largest absolute Gasteiger partial charge is 0.398 e. The molecule has 2 aromatic rings. The lowest BCUT2D eigenvalue weighted by Crippen LogP contribution is -1.88. The van der Waals surface area contributed by atoms with E-state index in [-0.39, 0.29) is 0 Å². The van der Waals surface area contributed by atoms with Gasteiger partial charge in [-0.25, -0.2) is 0 Å². The van der Waals surface area contributed by atoms with Gasteiger partial charge in [0.2, 0.25) is 0 Å². The summed E-state index contributed by atoms with van der Waals surface area (Å²) in [6.07, 6.45) is 1.29. The Morgan fingerprint density at radius 1 is 1.27 bits per heavy atom. The van der Waals surface area contributed by atoms with E-state index in [0.717, 1.165) is 21.6 Å². The van der Waals surface area contributed by atoms with Crippen LogP contribution in [0, 0.1) is 0 Å². The number of thiophene rings is 1. The van der Waals surface area contributed by atoms with Crippen molar-refractivity contribution in [1.29, 1.82) is 0 Å². The number of hydrogen-bond donors (Lipinski definition) is 1. The molecule has 76 valence electrons. The van der Waals surface area contributed by atoms with Crippen LogP contribution in [0.15, 0.2) is 36.4 Å². The van der Waals surface area contributed by atoms with Crippen LogP contribution >= 0.6 is 11.3 Å². The Kier molecular flexibility index (Phi) is 2.83. The third-order valence-electron chi connectivity index (χ3n) is 2.17. The van der Waals surface area contributed by atoms with Gasteiger partial charge in [-0.2, -0.15) is 0 Å². The van der Waals surface area contributed by atoms with Crippen molar-refractivity contribution in [2.45, 2.75) is 6.42 Å². The smallest absolute Gasteiger partial charge is 0.125 e. The Hall–Kier alpha value is -1.61. The lowest BCUT2D eigenvalue weighted by atomic mass is 10.2. The first-order valence-electron chi connectivity index (χ1n) is 4.68. The molecule has 0 saturated heterocycles. The molecule has 0 aliphatic carbocycles. The standard InChI is InChI=1S/C12H11NOS/c13-10-8-12(15-11(10)6-7-14)9-4-2-1-3-5-9/h1-5,7-8H,6,13H2. The molecule has 0 radical (unpaired) electrons. The van der Waals surface area contributed by atoms with Gasteiger partial charge in [0.25, 0.3) is 0 Å². The molecule has 1 aromatic heterocycles. The Labute approximate surface area is 92.4 Å². The van der Waals surface area contributed by atoms with Crippen molar-refractivity contribution in [3.8, 4) is 10.4 Å². The second-order valence-electron chi connectivity index (χ2n) is 3.23. The van der Waals surface area contributed by atoms with Gasteiger partial charge in [-0.05, 0) is 11.6 Å². The van der Waals surface area contributed by atoms with Crippen LogP contribution in [0.4, 0.5) is 5.69 Å². The molecule has 0 saturated carbocycles. The maximum absolute atomic E-state index is 10.4. The fraction of sp³-hybridized carbons (Fsp3) is 0.0833. The van der Waals surface area contributed by atoms with E-state index >= 15 is 0 Å². The molecule has 2 N–H and O–H groups in total. The van der Waals surface area contributed by atoms with Crippen molar-refractivity contribution in [2.24, 2.45) is 0 Å². The van der Waals surface area contributed by atoms with Gasteiger partial charge in [0, 0.05) is 21.9 Å². The molecule has 0 spiro atoms. The zero-order valence-electron chi connectivity index (χ0n) is 8.14. The number of nitrogen functional groups attached to an aromatic ring is 1. The van der Waals surface area contributed by atoms with Crippen LogP contribution in [0.1, 0.15) is 4.88 Å². The van der Waals surface area contributed by atoms with Crippen molar-refractivity contribution in [3.63, 3.8) is 0 Å². The number of hydrogen-bond acceptors (Lipinski definition) is 3. The molecule has 2 rings (SSSR count). The van der Waals surface area contributed by atoms with E-state index in [4.69, 9.17) is 5.73 Å². The van der Waals surface area contributed by atoms with Crippen LogP contribution in [0.5, 0.6) is 0 Å². The second-order valence-corrected chi connectivity index (χ2v) is 4.36. The van der Waals surface area contributed by atoms with E-state index in [1.54, 1.807) is 11.3 Å². The summed E-state index contributed by atoms with van der Waals surface area (Å²) in [6, 6.07) is 12.0. The van der Waals surface area contributed by atoms with Crippen molar-refractivity contribution in [3.05, 3.63) is 41.3 Å². The molecular weight excluding hydrogens is 206 g/mol. The summed E-state index contributed by atoms with van der Waals surface area (Å²) >= 11 is 1.58. The summed E-state index contributed by atoms with van der Waals surface area (Å²) in [5.74, 6) is 0. The van der Waals surface area contributed by atoms with E-state index in [1.165, 1.54) is 0 Å². The number of rotatable bonds is 3. The average molecular weight is 217 g/mol. The number of benzene rings is 1. The van der Waals surface area contributed by atoms with Crippen molar-refractivity contribution in [2.75, 3.05) is 5.73 Å². The molecule has 0 bridgehead atoms. The highest BCUT2D eigenvalue weighted by Crippen LogP contribution is 2.32. The molecule has 3 heteroatoms. The zero-order valence-corrected chi connectivity index (χ0v) is 8.96. The van der Waals surface area contributed by atoms with Gasteiger partial charge in [0.15, 0.2) is 0 Å². The molecule has 15 heavy (non-hydrogen) atoms. The van der Waals surface area contributed by atoms with Gasteiger partial charge in [-0.3, -0.25) is 0 Å². The summed E-state index contributed by atoms with van der Waals surface area (Å²) < 4.78 is 0. The normalized spacial score (nSPS) is 10.1. The van der Waals surface area contributed by atoms with Gasteiger partial charge >= 0.3 is 0 Å². The Bertz CT molecular complexity index is 462. The summed E-state index contributed by atoms with van der Waals surface area (Å²) in [5.41, 5.74) is 7.67. The SMILES string of the molecule is Nc1cc(-c2ccccc2)sc1CC=O. The monoisotopic (exact) mass is 217 g/mol. The average Bonchev–Trinajstić information content (AvgIpc) is 2.63. The molecule has 0 amide bonds. The lowest BCUT2D eigenvalue weighted by Gasteiger charge is -1.93. The highest BCUT2D eigenvalue weighted by atomic mass is 32.1. The summed E-state index contributed by atoms with van der Waals surface area (Å²) in [4.78, 5) is 12.5. The first kappa shape index (κ1) is 9.93. The minimum absolute atomic E-state index is 0.406. The lowest BCUT2D eigenvalue weighted by molar-refractivity contribution is -0.107. The molecule has 1 heterocycles. The maximum atomic E-state index is 10.4. The van der Waals surface area contributed by atoms with E-state index in [2.05, 4.69) is 0 Å². The highest BCUT2D eigenvalue weighted by molar-refractivity contribution is 7.16. The Morgan fingerprint density at radius 3 is 2.67 bits per heavy atom. The fourth-order valence-corrected chi connectivity index (χ4v) is 2.46.